The summed E-state index contributed by atoms with van der Waals surface area (Å²) in [5.74, 6) is -0.341. The molecule has 108 valence electrons. The number of nitrogens with one attached hydrogen (secondary N) is 1. The van der Waals surface area contributed by atoms with Crippen LogP contribution in [0.4, 0.5) is 0 Å². The van der Waals surface area contributed by atoms with Gasteiger partial charge in [-0.3, -0.25) is 4.79 Å². The molecule has 2 rings (SSSR count). The topological polar surface area (TPSA) is 64.6 Å². The highest BCUT2D eigenvalue weighted by Gasteiger charge is 2.27. The Hall–Kier alpha value is -1.75. The molecule has 1 saturated carbocycles. The highest BCUT2D eigenvalue weighted by Crippen LogP contribution is 2.19. The molecule has 1 aromatic rings. The lowest BCUT2D eigenvalue weighted by Crippen LogP contribution is -2.37. The molecular formula is C14H16ClNO4. The van der Waals surface area contributed by atoms with E-state index in [4.69, 9.17) is 21.1 Å². The van der Waals surface area contributed by atoms with Gasteiger partial charge in [0.2, 0.25) is 0 Å². The van der Waals surface area contributed by atoms with Crippen molar-refractivity contribution in [2.75, 3.05) is 6.61 Å². The molecule has 0 aliphatic heterocycles. The van der Waals surface area contributed by atoms with Crippen molar-refractivity contribution in [3.63, 3.8) is 0 Å². The van der Waals surface area contributed by atoms with Crippen LogP contribution in [0.1, 0.15) is 19.8 Å². The van der Waals surface area contributed by atoms with Gasteiger partial charge in [0, 0.05) is 11.1 Å². The molecule has 0 heterocycles. The third-order valence-electron chi connectivity index (χ3n) is 2.77. The highest BCUT2D eigenvalue weighted by atomic mass is 35.5. The average Bonchev–Trinajstić information content (AvgIpc) is 3.22. The number of rotatable bonds is 6. The molecule has 1 atom stereocenters. The van der Waals surface area contributed by atoms with Crippen molar-refractivity contribution >= 4 is 23.5 Å². The summed E-state index contributed by atoms with van der Waals surface area (Å²) in [6, 6.07) is 6.87. The largest absolute Gasteiger partial charge is 0.482 e. The Morgan fingerprint density at radius 1 is 1.35 bits per heavy atom. The number of hydrogen-bond acceptors (Lipinski definition) is 4. The van der Waals surface area contributed by atoms with Crippen molar-refractivity contribution < 1.29 is 19.1 Å². The van der Waals surface area contributed by atoms with Crippen LogP contribution in [-0.4, -0.2) is 30.6 Å². The summed E-state index contributed by atoms with van der Waals surface area (Å²) in [6.07, 6.45) is 1.18. The van der Waals surface area contributed by atoms with E-state index >= 15 is 0 Å². The van der Waals surface area contributed by atoms with E-state index in [0.717, 1.165) is 12.8 Å². The van der Waals surface area contributed by atoms with E-state index in [0.29, 0.717) is 10.8 Å². The maximum atomic E-state index is 11.6. The van der Waals surface area contributed by atoms with E-state index in [1.54, 1.807) is 24.3 Å². The molecule has 0 bridgehead atoms. The predicted molar refractivity (Wildman–Crippen MR) is 73.7 cm³/mol. The van der Waals surface area contributed by atoms with Crippen molar-refractivity contribution in [1.82, 2.24) is 5.32 Å². The summed E-state index contributed by atoms with van der Waals surface area (Å²) < 4.78 is 10.2. The van der Waals surface area contributed by atoms with Crippen LogP contribution in [0.15, 0.2) is 24.3 Å². The predicted octanol–water partition coefficient (Wildman–Crippen LogP) is 1.93. The molecule has 6 heteroatoms. The van der Waals surface area contributed by atoms with Crippen LogP contribution in [0.2, 0.25) is 5.02 Å². The van der Waals surface area contributed by atoms with Crippen LogP contribution in [0.5, 0.6) is 5.75 Å². The third-order valence-corrected chi connectivity index (χ3v) is 3.02. The average molecular weight is 298 g/mol. The zero-order valence-corrected chi connectivity index (χ0v) is 11.9. The fraction of sp³-hybridized carbons (Fsp3) is 0.429. The molecule has 1 aliphatic carbocycles. The second-order valence-electron chi connectivity index (χ2n) is 4.66. The van der Waals surface area contributed by atoms with Gasteiger partial charge in [-0.25, -0.2) is 4.79 Å². The lowest BCUT2D eigenvalue weighted by atomic mass is 10.3. The Balaban J connectivity index is 1.71. The number of hydrogen-bond donors (Lipinski definition) is 1. The van der Waals surface area contributed by atoms with Gasteiger partial charge in [-0.2, -0.15) is 0 Å². The monoisotopic (exact) mass is 297 g/mol. The first-order chi connectivity index (χ1) is 9.54. The van der Waals surface area contributed by atoms with Gasteiger partial charge in [-0.15, -0.1) is 0 Å². The Labute approximate surface area is 122 Å². The molecule has 0 unspecified atom stereocenters. The smallest absolute Gasteiger partial charge is 0.344 e. The minimum absolute atomic E-state index is 0.244. The Morgan fingerprint density at radius 2 is 2.00 bits per heavy atom. The van der Waals surface area contributed by atoms with E-state index in [2.05, 4.69) is 5.32 Å². The number of amides is 1. The fourth-order valence-corrected chi connectivity index (χ4v) is 1.63. The van der Waals surface area contributed by atoms with Gasteiger partial charge in [-0.1, -0.05) is 11.6 Å². The minimum Gasteiger partial charge on any atom is -0.482 e. The molecule has 0 saturated heterocycles. The molecule has 0 spiro atoms. The van der Waals surface area contributed by atoms with Crippen LogP contribution >= 0.6 is 11.6 Å². The van der Waals surface area contributed by atoms with Gasteiger partial charge in [0.1, 0.15) is 5.75 Å². The maximum absolute atomic E-state index is 11.6. The lowest BCUT2D eigenvalue weighted by molar-refractivity contribution is -0.156. The van der Waals surface area contributed by atoms with Gasteiger partial charge >= 0.3 is 5.97 Å². The Morgan fingerprint density at radius 3 is 2.60 bits per heavy atom. The van der Waals surface area contributed by atoms with E-state index < -0.39 is 12.1 Å². The van der Waals surface area contributed by atoms with E-state index in [-0.39, 0.29) is 18.6 Å². The fourth-order valence-electron chi connectivity index (χ4n) is 1.50. The van der Waals surface area contributed by atoms with Crippen molar-refractivity contribution in [2.24, 2.45) is 0 Å². The first-order valence-corrected chi connectivity index (χ1v) is 6.80. The second-order valence-corrected chi connectivity index (χ2v) is 5.09. The van der Waals surface area contributed by atoms with Gasteiger partial charge in [0.15, 0.2) is 12.7 Å². The van der Waals surface area contributed by atoms with Crippen LogP contribution in [-0.2, 0) is 14.3 Å². The van der Waals surface area contributed by atoms with E-state index in [9.17, 15) is 9.59 Å². The summed E-state index contributed by atoms with van der Waals surface area (Å²) in [7, 11) is 0. The normalized spacial score (nSPS) is 15.3. The number of carbonyl (C=O) groups excluding carboxylic acids is 2. The Kier molecular flexibility index (Phi) is 4.84. The SMILES string of the molecule is C[C@H](OC(=O)COc1ccc(Cl)cc1)C(=O)NC1CC1. The first kappa shape index (κ1) is 14.7. The molecule has 0 aromatic heterocycles. The molecule has 1 aliphatic rings. The van der Waals surface area contributed by atoms with Gasteiger partial charge in [0.05, 0.1) is 0 Å². The summed E-state index contributed by atoms with van der Waals surface area (Å²) in [5, 5.41) is 3.36. The summed E-state index contributed by atoms with van der Waals surface area (Å²) >= 11 is 5.73. The van der Waals surface area contributed by atoms with Crippen LogP contribution in [0.3, 0.4) is 0 Å². The first-order valence-electron chi connectivity index (χ1n) is 6.43. The van der Waals surface area contributed by atoms with Crippen molar-refractivity contribution in [3.8, 4) is 5.75 Å². The van der Waals surface area contributed by atoms with Crippen molar-refractivity contribution in [1.29, 1.82) is 0 Å². The highest BCUT2D eigenvalue weighted by molar-refractivity contribution is 6.30. The maximum Gasteiger partial charge on any atom is 0.344 e. The molecule has 5 nitrogen and oxygen atoms in total. The standard InChI is InChI=1S/C14H16ClNO4/c1-9(14(18)16-11-4-5-11)20-13(17)8-19-12-6-2-10(15)3-7-12/h2-3,6-7,9,11H,4-5,8H2,1H3,(H,16,18)/t9-/m0/s1. The van der Waals surface area contributed by atoms with Gasteiger partial charge < -0.3 is 14.8 Å². The quantitative estimate of drug-likeness (QED) is 0.815. The zero-order valence-electron chi connectivity index (χ0n) is 11.1. The van der Waals surface area contributed by atoms with Crippen molar-refractivity contribution in [2.45, 2.75) is 31.9 Å². The number of benzene rings is 1. The summed E-state index contributed by atoms with van der Waals surface area (Å²) in [6.45, 7) is 1.29. The number of carbonyl (C=O) groups is 2. The molecule has 0 radical (unpaired) electrons. The minimum atomic E-state index is -0.808. The number of ether oxygens (including phenoxy) is 2. The summed E-state index contributed by atoms with van der Waals surface area (Å²) in [5.41, 5.74) is 0. The third kappa shape index (κ3) is 4.74. The Bertz CT molecular complexity index is 484. The zero-order chi connectivity index (χ0) is 14.5. The number of halogens is 1. The molecule has 1 aromatic carbocycles. The second kappa shape index (κ2) is 6.61. The van der Waals surface area contributed by atoms with E-state index in [1.165, 1.54) is 6.92 Å². The number of esters is 1. The molecule has 1 amide bonds. The van der Waals surface area contributed by atoms with Crippen LogP contribution < -0.4 is 10.1 Å². The molecule has 20 heavy (non-hydrogen) atoms. The molecular weight excluding hydrogens is 282 g/mol. The lowest BCUT2D eigenvalue weighted by Gasteiger charge is -2.13. The van der Waals surface area contributed by atoms with Gasteiger partial charge in [0.25, 0.3) is 5.91 Å². The van der Waals surface area contributed by atoms with Crippen LogP contribution in [0, 0.1) is 0 Å². The summed E-state index contributed by atoms with van der Waals surface area (Å²) in [4.78, 5) is 23.1. The van der Waals surface area contributed by atoms with E-state index in [1.807, 2.05) is 0 Å². The van der Waals surface area contributed by atoms with Crippen LogP contribution in [0.25, 0.3) is 0 Å². The van der Waals surface area contributed by atoms with Crippen molar-refractivity contribution in [3.05, 3.63) is 29.3 Å². The molecule has 1 fully saturated rings. The molecule has 1 N–H and O–H groups in total. The van der Waals surface area contributed by atoms with Gasteiger partial charge in [-0.05, 0) is 44.0 Å².